The maximum absolute atomic E-state index is 4.73. The fourth-order valence-electron chi connectivity index (χ4n) is 3.24. The normalized spacial score (nSPS) is 14.8. The van der Waals surface area contributed by atoms with Crippen molar-refractivity contribution in [1.29, 1.82) is 0 Å². The third-order valence-electron chi connectivity index (χ3n) is 4.61. The van der Waals surface area contributed by atoms with Gasteiger partial charge in [0.2, 0.25) is 0 Å². The van der Waals surface area contributed by atoms with Crippen LogP contribution in [0.1, 0.15) is 19.3 Å². The Kier molecular flexibility index (Phi) is 4.10. The van der Waals surface area contributed by atoms with Gasteiger partial charge >= 0.3 is 0 Å². The first-order valence-corrected chi connectivity index (χ1v) is 10.4. The second-order valence-electron chi connectivity index (χ2n) is 6.36. The van der Waals surface area contributed by atoms with Crippen LogP contribution < -0.4 is 4.90 Å². The molecule has 0 spiro atoms. The lowest BCUT2D eigenvalue weighted by Gasteiger charge is -2.27. The van der Waals surface area contributed by atoms with Crippen molar-refractivity contribution in [2.75, 3.05) is 18.0 Å². The van der Waals surface area contributed by atoms with E-state index in [1.807, 2.05) is 24.0 Å². The van der Waals surface area contributed by atoms with Crippen molar-refractivity contribution in [2.24, 2.45) is 0 Å². The molecule has 5 heterocycles. The van der Waals surface area contributed by atoms with Gasteiger partial charge in [-0.05, 0) is 43.5 Å². The number of rotatable bonds is 3. The van der Waals surface area contributed by atoms with Crippen molar-refractivity contribution in [2.45, 2.75) is 19.3 Å². The predicted octanol–water partition coefficient (Wildman–Crippen LogP) is 4.87. The minimum absolute atomic E-state index is 0.788. The van der Waals surface area contributed by atoms with Gasteiger partial charge in [0.1, 0.15) is 10.8 Å². The molecule has 1 aliphatic heterocycles. The molecule has 0 saturated carbocycles. The summed E-state index contributed by atoms with van der Waals surface area (Å²) in [6, 6.07) is 8.37. The molecule has 7 heteroatoms. The van der Waals surface area contributed by atoms with E-state index in [1.165, 1.54) is 19.3 Å². The van der Waals surface area contributed by atoms with Gasteiger partial charge in [0.25, 0.3) is 0 Å². The first-order valence-electron chi connectivity index (χ1n) is 8.75. The second-order valence-corrected chi connectivity index (χ2v) is 8.27. The number of fused-ring (bicyclic) bond motifs is 1. The van der Waals surface area contributed by atoms with Crippen molar-refractivity contribution in [3.63, 3.8) is 0 Å². The Bertz CT molecular complexity index is 1020. The van der Waals surface area contributed by atoms with E-state index < -0.39 is 0 Å². The van der Waals surface area contributed by atoms with Crippen molar-refractivity contribution in [1.82, 2.24) is 19.9 Å². The van der Waals surface area contributed by atoms with E-state index >= 15 is 0 Å². The van der Waals surface area contributed by atoms with Gasteiger partial charge in [-0.25, -0.2) is 15.0 Å². The molecule has 1 saturated heterocycles. The third kappa shape index (κ3) is 2.97. The summed E-state index contributed by atoms with van der Waals surface area (Å²) in [6.07, 6.45) is 7.63. The molecular weight excluding hydrogens is 362 g/mol. The molecule has 0 aromatic carbocycles. The minimum atomic E-state index is 0.788. The number of pyridine rings is 2. The summed E-state index contributed by atoms with van der Waals surface area (Å²) in [5.74, 6) is 1.07. The van der Waals surface area contributed by atoms with E-state index in [-0.39, 0.29) is 0 Å². The summed E-state index contributed by atoms with van der Waals surface area (Å²) in [5.41, 5.74) is 4.59. The molecule has 130 valence electrons. The zero-order chi connectivity index (χ0) is 17.3. The molecule has 26 heavy (non-hydrogen) atoms. The lowest BCUT2D eigenvalue weighted by molar-refractivity contribution is 0.573. The highest BCUT2D eigenvalue weighted by Crippen LogP contribution is 2.32. The SMILES string of the molecule is c1ncc(-c2ccc3sc(-c4ccc(N5CCCCC5)nc4)nc3n2)s1. The molecule has 5 nitrogen and oxygen atoms in total. The zero-order valence-electron chi connectivity index (χ0n) is 14.1. The predicted molar refractivity (Wildman–Crippen MR) is 108 cm³/mol. The average molecular weight is 380 g/mol. The molecule has 0 atom stereocenters. The minimum Gasteiger partial charge on any atom is -0.357 e. The first-order chi connectivity index (χ1) is 12.9. The molecule has 1 fully saturated rings. The summed E-state index contributed by atoms with van der Waals surface area (Å²) in [6.45, 7) is 2.22. The quantitative estimate of drug-likeness (QED) is 0.508. The third-order valence-corrected chi connectivity index (χ3v) is 6.47. The molecule has 1 aliphatic rings. The number of hydrogen-bond donors (Lipinski definition) is 0. The largest absolute Gasteiger partial charge is 0.357 e. The molecular formula is C19H17N5S2. The Hall–Kier alpha value is -2.38. The van der Waals surface area contributed by atoms with E-state index in [2.05, 4.69) is 33.1 Å². The molecule has 0 unspecified atom stereocenters. The van der Waals surface area contributed by atoms with Gasteiger partial charge in [0.15, 0.2) is 5.65 Å². The van der Waals surface area contributed by atoms with Gasteiger partial charge in [0.05, 0.1) is 20.8 Å². The molecule has 0 bridgehead atoms. The van der Waals surface area contributed by atoms with Crippen LogP contribution in [0.25, 0.3) is 31.5 Å². The van der Waals surface area contributed by atoms with Crippen LogP contribution >= 0.6 is 22.7 Å². The molecule has 5 rings (SSSR count). The van der Waals surface area contributed by atoms with Crippen LogP contribution in [0.5, 0.6) is 0 Å². The smallest absolute Gasteiger partial charge is 0.171 e. The standard InChI is InChI=1S/C19H17N5S2/c1-2-8-24(9-3-1)17-7-4-13(10-21-17)19-23-18-15(26-19)6-5-14(22-18)16-11-20-12-25-16/h4-7,10-12H,1-3,8-9H2. The van der Waals surface area contributed by atoms with E-state index in [0.717, 1.165) is 50.4 Å². The Balaban J connectivity index is 1.45. The molecule has 4 aromatic heterocycles. The Labute approximate surface area is 159 Å². The Morgan fingerprint density at radius 1 is 0.923 bits per heavy atom. The lowest BCUT2D eigenvalue weighted by Crippen LogP contribution is -2.29. The van der Waals surface area contributed by atoms with Crippen LogP contribution in [0.15, 0.2) is 42.2 Å². The van der Waals surface area contributed by atoms with Gasteiger partial charge < -0.3 is 4.90 Å². The molecule has 0 radical (unpaired) electrons. The van der Waals surface area contributed by atoms with Crippen molar-refractivity contribution in [3.05, 3.63) is 42.2 Å². The van der Waals surface area contributed by atoms with Crippen molar-refractivity contribution < 1.29 is 0 Å². The highest BCUT2D eigenvalue weighted by molar-refractivity contribution is 7.21. The fourth-order valence-corrected chi connectivity index (χ4v) is 4.73. The number of piperidine rings is 1. The fraction of sp³-hybridized carbons (Fsp3) is 0.263. The van der Waals surface area contributed by atoms with Crippen LogP contribution in [-0.2, 0) is 0 Å². The average Bonchev–Trinajstić information content (AvgIpc) is 3.38. The van der Waals surface area contributed by atoms with Gasteiger partial charge in [-0.1, -0.05) is 0 Å². The van der Waals surface area contributed by atoms with Crippen molar-refractivity contribution in [3.8, 4) is 21.1 Å². The summed E-state index contributed by atoms with van der Waals surface area (Å²) in [5, 5.41) is 0.964. The van der Waals surface area contributed by atoms with Crippen LogP contribution in [0, 0.1) is 0 Å². The van der Waals surface area contributed by atoms with Gasteiger partial charge in [-0.15, -0.1) is 22.7 Å². The monoisotopic (exact) mass is 379 g/mol. The number of hydrogen-bond acceptors (Lipinski definition) is 7. The maximum Gasteiger partial charge on any atom is 0.171 e. The number of nitrogens with zero attached hydrogens (tertiary/aromatic N) is 5. The molecule has 4 aromatic rings. The Morgan fingerprint density at radius 3 is 2.62 bits per heavy atom. The first kappa shape index (κ1) is 15.8. The van der Waals surface area contributed by atoms with E-state index in [1.54, 1.807) is 22.7 Å². The highest BCUT2D eigenvalue weighted by Gasteiger charge is 2.14. The summed E-state index contributed by atoms with van der Waals surface area (Å²) >= 11 is 3.25. The summed E-state index contributed by atoms with van der Waals surface area (Å²) in [4.78, 5) is 21.7. The summed E-state index contributed by atoms with van der Waals surface area (Å²) < 4.78 is 1.09. The van der Waals surface area contributed by atoms with Crippen LogP contribution in [0.2, 0.25) is 0 Å². The van der Waals surface area contributed by atoms with E-state index in [4.69, 9.17) is 9.97 Å². The lowest BCUT2D eigenvalue weighted by atomic mass is 10.1. The van der Waals surface area contributed by atoms with Gasteiger partial charge in [-0.3, -0.25) is 4.98 Å². The highest BCUT2D eigenvalue weighted by atomic mass is 32.1. The van der Waals surface area contributed by atoms with E-state index in [9.17, 15) is 0 Å². The molecule has 0 amide bonds. The van der Waals surface area contributed by atoms with Gasteiger partial charge in [0, 0.05) is 31.0 Å². The number of aromatic nitrogens is 4. The second kappa shape index (κ2) is 6.74. The van der Waals surface area contributed by atoms with E-state index in [0.29, 0.717) is 0 Å². The number of anilines is 1. The molecule has 0 aliphatic carbocycles. The van der Waals surface area contributed by atoms with Crippen LogP contribution in [0.4, 0.5) is 5.82 Å². The zero-order valence-corrected chi connectivity index (χ0v) is 15.8. The molecule has 0 N–H and O–H groups in total. The number of thiazole rings is 2. The summed E-state index contributed by atoms with van der Waals surface area (Å²) in [7, 11) is 0. The Morgan fingerprint density at radius 2 is 1.85 bits per heavy atom. The maximum atomic E-state index is 4.73. The van der Waals surface area contributed by atoms with Crippen molar-refractivity contribution >= 4 is 38.8 Å². The van der Waals surface area contributed by atoms with Crippen LogP contribution in [-0.4, -0.2) is 33.0 Å². The topological polar surface area (TPSA) is 54.8 Å². The van der Waals surface area contributed by atoms with Gasteiger partial charge in [-0.2, -0.15) is 0 Å². The van der Waals surface area contributed by atoms with Crippen LogP contribution in [0.3, 0.4) is 0 Å².